The Morgan fingerprint density at radius 2 is 1.93 bits per heavy atom. The average Bonchev–Trinajstić information content (AvgIpc) is 2.95. The number of ether oxygens (including phenoxy) is 2. The van der Waals surface area contributed by atoms with Crippen LogP contribution < -0.4 is 5.32 Å². The molecule has 0 bridgehead atoms. The van der Waals surface area contributed by atoms with E-state index in [0.717, 1.165) is 0 Å². The summed E-state index contributed by atoms with van der Waals surface area (Å²) < 4.78 is 27.5. The largest absolute Gasteiger partial charge is 0.461 e. The second-order valence-electron chi connectivity index (χ2n) is 8.11. The van der Waals surface area contributed by atoms with E-state index in [-0.39, 0.29) is 24.4 Å². The van der Waals surface area contributed by atoms with Crippen molar-refractivity contribution in [2.24, 2.45) is 0 Å². The molecule has 164 valence electrons. The Kier molecular flexibility index (Phi) is 7.28. The molecule has 1 atom stereocenters. The Balaban J connectivity index is 2.51. The van der Waals surface area contributed by atoms with Crippen LogP contribution in [-0.2, 0) is 21.6 Å². The van der Waals surface area contributed by atoms with Crippen LogP contribution in [0, 0.1) is 12.7 Å². The number of carbonyl (C=O) groups is 2. The smallest absolute Gasteiger partial charge is 0.408 e. The van der Waals surface area contributed by atoms with Crippen molar-refractivity contribution in [3.8, 4) is 0 Å². The van der Waals surface area contributed by atoms with Gasteiger partial charge in [-0.05, 0) is 59.7 Å². The van der Waals surface area contributed by atoms with Gasteiger partial charge in [-0.1, -0.05) is 15.9 Å². The first-order valence-corrected chi connectivity index (χ1v) is 10.3. The van der Waals surface area contributed by atoms with Crippen molar-refractivity contribution in [2.75, 3.05) is 6.61 Å². The van der Waals surface area contributed by atoms with Gasteiger partial charge < -0.3 is 19.4 Å². The van der Waals surface area contributed by atoms with E-state index < -0.39 is 29.0 Å². The predicted molar refractivity (Wildman–Crippen MR) is 114 cm³/mol. The number of esters is 1. The molecule has 0 spiro atoms. The van der Waals surface area contributed by atoms with E-state index in [1.54, 1.807) is 58.2 Å². The van der Waals surface area contributed by atoms with Crippen LogP contribution in [0.4, 0.5) is 9.18 Å². The fourth-order valence-corrected chi connectivity index (χ4v) is 3.41. The number of carbonyl (C=O) groups excluding carboxylic acids is 2. The summed E-state index contributed by atoms with van der Waals surface area (Å²) in [6.07, 6.45) is 0.755. The zero-order chi connectivity index (χ0) is 22.7. The fourth-order valence-electron chi connectivity index (χ4n) is 3.05. The minimum absolute atomic E-state index is 0.0224. The maximum absolute atomic E-state index is 14.8. The number of aryl methyl sites for hydroxylation is 1. The van der Waals surface area contributed by atoms with Gasteiger partial charge in [0.05, 0.1) is 30.7 Å². The molecule has 1 amide bonds. The molecule has 0 fully saturated rings. The van der Waals surface area contributed by atoms with Gasteiger partial charge in [0.25, 0.3) is 0 Å². The molecule has 1 N–H and O–H groups in total. The number of nitrogens with one attached hydrogen (secondary N) is 1. The Hall–Kier alpha value is -2.42. The van der Waals surface area contributed by atoms with Crippen molar-refractivity contribution in [3.63, 3.8) is 0 Å². The van der Waals surface area contributed by atoms with E-state index in [1.807, 2.05) is 0 Å². The number of rotatable bonds is 6. The van der Waals surface area contributed by atoms with E-state index in [9.17, 15) is 14.0 Å². The normalized spacial score (nSPS) is 13.5. The number of amides is 1. The molecule has 0 aliphatic carbocycles. The first kappa shape index (κ1) is 23.9. The Labute approximate surface area is 184 Å². The highest BCUT2D eigenvalue weighted by molar-refractivity contribution is 9.10. The topological polar surface area (TPSA) is 82.5 Å². The number of hydrogen-bond donors (Lipinski definition) is 1. The van der Waals surface area contributed by atoms with Gasteiger partial charge in [0.2, 0.25) is 0 Å². The third-order valence-electron chi connectivity index (χ3n) is 4.28. The fraction of sp³-hybridized carbons (Fsp3) is 0.476. The lowest BCUT2D eigenvalue weighted by Gasteiger charge is -2.33. The summed E-state index contributed by atoms with van der Waals surface area (Å²) in [5, 5.41) is 2.77. The molecular formula is C21H27BrFN3O4. The first-order valence-electron chi connectivity index (χ1n) is 9.52. The molecule has 2 rings (SSSR count). The third-order valence-corrected chi connectivity index (χ3v) is 4.77. The van der Waals surface area contributed by atoms with Crippen LogP contribution in [0.3, 0.4) is 0 Å². The van der Waals surface area contributed by atoms with Gasteiger partial charge in [0.1, 0.15) is 17.1 Å². The summed E-state index contributed by atoms with van der Waals surface area (Å²) in [7, 11) is 0. The number of halogens is 2. The average molecular weight is 484 g/mol. The van der Waals surface area contributed by atoms with Gasteiger partial charge in [-0.25, -0.2) is 19.0 Å². The van der Waals surface area contributed by atoms with Crippen LogP contribution >= 0.6 is 15.9 Å². The standard InChI is InChI=1S/C21H27BrFN3O4/c1-7-29-18(27)17-13(2)24-12-26(17)11-21(6,25-19(28)30-20(3,4)5)15-10-14(22)8-9-16(15)23/h8-10,12H,7,11H2,1-6H3,(H,25,28). The van der Waals surface area contributed by atoms with Gasteiger partial charge in [0.15, 0.2) is 0 Å². The van der Waals surface area contributed by atoms with Gasteiger partial charge in [-0.15, -0.1) is 0 Å². The van der Waals surface area contributed by atoms with Gasteiger partial charge in [0, 0.05) is 10.0 Å². The number of hydrogen-bond acceptors (Lipinski definition) is 5. The molecule has 9 heteroatoms. The van der Waals surface area contributed by atoms with Crippen molar-refractivity contribution < 1.29 is 23.5 Å². The minimum Gasteiger partial charge on any atom is -0.461 e. The molecule has 1 unspecified atom stereocenters. The lowest BCUT2D eigenvalue weighted by Crippen LogP contribution is -2.49. The molecule has 1 heterocycles. The number of benzene rings is 1. The molecule has 1 aromatic heterocycles. The lowest BCUT2D eigenvalue weighted by molar-refractivity contribution is 0.0446. The van der Waals surface area contributed by atoms with Crippen molar-refractivity contribution in [3.05, 3.63) is 51.8 Å². The number of aromatic nitrogens is 2. The van der Waals surface area contributed by atoms with E-state index in [1.165, 1.54) is 12.4 Å². The molecular weight excluding hydrogens is 457 g/mol. The van der Waals surface area contributed by atoms with Crippen LogP contribution in [0.25, 0.3) is 0 Å². The molecule has 2 aromatic rings. The summed E-state index contributed by atoms with van der Waals surface area (Å²) in [5.74, 6) is -1.05. The Bertz CT molecular complexity index is 939. The molecule has 0 aliphatic rings. The third kappa shape index (κ3) is 5.81. The number of imidazole rings is 1. The second kappa shape index (κ2) is 9.16. The van der Waals surface area contributed by atoms with Crippen molar-refractivity contribution in [1.29, 1.82) is 0 Å². The monoisotopic (exact) mass is 483 g/mol. The van der Waals surface area contributed by atoms with Crippen LogP contribution in [-0.4, -0.2) is 33.8 Å². The van der Waals surface area contributed by atoms with Crippen molar-refractivity contribution in [1.82, 2.24) is 14.9 Å². The van der Waals surface area contributed by atoms with E-state index >= 15 is 0 Å². The maximum atomic E-state index is 14.8. The molecule has 0 radical (unpaired) electrons. The van der Waals surface area contributed by atoms with Gasteiger partial charge in [-0.3, -0.25) is 0 Å². The summed E-state index contributed by atoms with van der Waals surface area (Å²) in [6, 6.07) is 4.46. The van der Waals surface area contributed by atoms with E-state index in [4.69, 9.17) is 9.47 Å². The second-order valence-corrected chi connectivity index (χ2v) is 9.03. The highest BCUT2D eigenvalue weighted by atomic mass is 79.9. The van der Waals surface area contributed by atoms with E-state index in [2.05, 4.69) is 26.2 Å². The quantitative estimate of drug-likeness (QED) is 0.601. The highest BCUT2D eigenvalue weighted by Crippen LogP contribution is 2.30. The highest BCUT2D eigenvalue weighted by Gasteiger charge is 2.35. The predicted octanol–water partition coefficient (Wildman–Crippen LogP) is 4.71. The SMILES string of the molecule is CCOC(=O)c1c(C)ncn1CC(C)(NC(=O)OC(C)(C)C)c1cc(Br)ccc1F. The molecule has 0 saturated heterocycles. The first-order chi connectivity index (χ1) is 13.9. The van der Waals surface area contributed by atoms with Crippen molar-refractivity contribution in [2.45, 2.75) is 59.2 Å². The number of nitrogens with zero attached hydrogens (tertiary/aromatic N) is 2. The molecule has 0 saturated carbocycles. The summed E-state index contributed by atoms with van der Waals surface area (Å²) in [5.41, 5.74) is -1.05. The molecule has 30 heavy (non-hydrogen) atoms. The minimum atomic E-state index is -1.26. The lowest BCUT2D eigenvalue weighted by atomic mass is 9.91. The van der Waals surface area contributed by atoms with E-state index in [0.29, 0.717) is 10.2 Å². The maximum Gasteiger partial charge on any atom is 0.408 e. The summed E-state index contributed by atoms with van der Waals surface area (Å²) in [4.78, 5) is 29.2. The summed E-state index contributed by atoms with van der Waals surface area (Å²) in [6.45, 7) is 10.5. The molecule has 7 nitrogen and oxygen atoms in total. The molecule has 1 aromatic carbocycles. The van der Waals surface area contributed by atoms with Crippen LogP contribution in [0.1, 0.15) is 56.4 Å². The van der Waals surface area contributed by atoms with Crippen LogP contribution in [0.2, 0.25) is 0 Å². The number of alkyl carbamates (subject to hydrolysis) is 1. The molecule has 0 aliphatic heterocycles. The Morgan fingerprint density at radius 3 is 2.53 bits per heavy atom. The van der Waals surface area contributed by atoms with Gasteiger partial charge in [-0.2, -0.15) is 0 Å². The zero-order valence-electron chi connectivity index (χ0n) is 18.0. The van der Waals surface area contributed by atoms with Crippen molar-refractivity contribution >= 4 is 28.0 Å². The summed E-state index contributed by atoms with van der Waals surface area (Å²) >= 11 is 3.35. The van der Waals surface area contributed by atoms with Crippen LogP contribution in [0.15, 0.2) is 29.0 Å². The zero-order valence-corrected chi connectivity index (χ0v) is 19.6. The van der Waals surface area contributed by atoms with Gasteiger partial charge >= 0.3 is 12.1 Å². The Morgan fingerprint density at radius 1 is 1.27 bits per heavy atom. The van der Waals surface area contributed by atoms with Crippen LogP contribution in [0.5, 0.6) is 0 Å².